The van der Waals surface area contributed by atoms with E-state index in [-0.39, 0.29) is 23.2 Å². The Hall–Kier alpha value is -2.42. The van der Waals surface area contributed by atoms with Crippen molar-refractivity contribution in [2.45, 2.75) is 19.8 Å². The van der Waals surface area contributed by atoms with Crippen molar-refractivity contribution in [2.24, 2.45) is 0 Å². The Balaban J connectivity index is 2.37. The molecule has 0 saturated heterocycles. The summed E-state index contributed by atoms with van der Waals surface area (Å²) in [4.78, 5) is 25.2. The summed E-state index contributed by atoms with van der Waals surface area (Å²) in [5.74, 6) is -0.307. The number of hydrogen-bond acceptors (Lipinski definition) is 3. The van der Waals surface area contributed by atoms with Gasteiger partial charge < -0.3 is 5.11 Å². The third-order valence-corrected chi connectivity index (χ3v) is 3.69. The van der Waals surface area contributed by atoms with E-state index < -0.39 is 0 Å². The third-order valence-electron chi connectivity index (χ3n) is 3.69. The second-order valence-electron chi connectivity index (χ2n) is 5.28. The highest BCUT2D eigenvalue weighted by Gasteiger charge is 2.33. The van der Waals surface area contributed by atoms with Crippen LogP contribution in [0, 0.1) is 0 Å². The van der Waals surface area contributed by atoms with Gasteiger partial charge >= 0.3 is 0 Å². The minimum atomic E-state index is -0.185. The maximum atomic E-state index is 12.7. The summed E-state index contributed by atoms with van der Waals surface area (Å²) in [6.07, 6.45) is 0. The molecule has 0 amide bonds. The van der Waals surface area contributed by atoms with E-state index >= 15 is 0 Å². The first-order valence-electron chi connectivity index (χ1n) is 6.56. The highest BCUT2D eigenvalue weighted by molar-refractivity contribution is 6.29. The summed E-state index contributed by atoms with van der Waals surface area (Å²) in [5, 5.41) is 10.0. The van der Waals surface area contributed by atoms with Crippen LogP contribution in [-0.4, -0.2) is 16.7 Å². The summed E-state index contributed by atoms with van der Waals surface area (Å²) < 4.78 is 0. The van der Waals surface area contributed by atoms with Crippen LogP contribution in [0.25, 0.3) is 0 Å². The molecular weight excluding hydrogens is 252 g/mol. The zero-order valence-electron chi connectivity index (χ0n) is 11.3. The molecule has 2 aromatic rings. The normalized spacial score (nSPS) is 13.3. The van der Waals surface area contributed by atoms with Gasteiger partial charge in [-0.3, -0.25) is 9.59 Å². The number of aromatic hydroxyl groups is 1. The topological polar surface area (TPSA) is 54.4 Å². The molecule has 0 unspecified atom stereocenters. The van der Waals surface area contributed by atoms with Gasteiger partial charge in [-0.2, -0.15) is 0 Å². The van der Waals surface area contributed by atoms with Crippen LogP contribution < -0.4 is 0 Å². The minimum absolute atomic E-state index is 0.0352. The molecule has 1 aliphatic rings. The van der Waals surface area contributed by atoms with Crippen molar-refractivity contribution in [3.63, 3.8) is 0 Å². The number of rotatable bonds is 1. The van der Waals surface area contributed by atoms with E-state index in [1.807, 2.05) is 13.8 Å². The molecule has 100 valence electrons. The van der Waals surface area contributed by atoms with Gasteiger partial charge in [0.2, 0.25) is 0 Å². The second-order valence-corrected chi connectivity index (χ2v) is 5.28. The van der Waals surface area contributed by atoms with E-state index in [1.165, 1.54) is 12.1 Å². The van der Waals surface area contributed by atoms with Gasteiger partial charge in [0.05, 0.1) is 0 Å². The lowest BCUT2D eigenvalue weighted by atomic mass is 9.79. The molecule has 0 heterocycles. The lowest BCUT2D eigenvalue weighted by Crippen LogP contribution is -2.22. The molecule has 0 radical (unpaired) electrons. The predicted octanol–water partition coefficient (Wildman–Crippen LogP) is 3.29. The molecule has 3 rings (SSSR count). The van der Waals surface area contributed by atoms with E-state index in [1.54, 1.807) is 24.3 Å². The van der Waals surface area contributed by atoms with Gasteiger partial charge in [0.25, 0.3) is 0 Å². The van der Waals surface area contributed by atoms with Crippen LogP contribution in [0.15, 0.2) is 36.4 Å². The number of ketones is 2. The summed E-state index contributed by atoms with van der Waals surface area (Å²) >= 11 is 0. The van der Waals surface area contributed by atoms with Gasteiger partial charge in [-0.05, 0) is 18.1 Å². The Morgan fingerprint density at radius 3 is 2.05 bits per heavy atom. The fraction of sp³-hybridized carbons (Fsp3) is 0.176. The van der Waals surface area contributed by atoms with E-state index in [4.69, 9.17) is 0 Å². The zero-order chi connectivity index (χ0) is 14.4. The number of benzene rings is 2. The molecular formula is C17H14O3. The van der Waals surface area contributed by atoms with Gasteiger partial charge in [-0.25, -0.2) is 0 Å². The number of phenolic OH excluding ortho intramolecular Hbond substituents is 1. The molecule has 20 heavy (non-hydrogen) atoms. The van der Waals surface area contributed by atoms with E-state index in [2.05, 4.69) is 0 Å². The monoisotopic (exact) mass is 266 g/mol. The van der Waals surface area contributed by atoms with Crippen molar-refractivity contribution in [1.29, 1.82) is 0 Å². The average molecular weight is 266 g/mol. The molecule has 3 nitrogen and oxygen atoms in total. The Bertz CT molecular complexity index is 742. The lowest BCUT2D eigenvalue weighted by Gasteiger charge is -2.22. The van der Waals surface area contributed by atoms with Gasteiger partial charge in [0, 0.05) is 27.8 Å². The van der Waals surface area contributed by atoms with E-state index in [9.17, 15) is 14.7 Å². The van der Waals surface area contributed by atoms with Crippen molar-refractivity contribution in [1.82, 2.24) is 0 Å². The molecule has 1 aliphatic carbocycles. The third kappa shape index (κ3) is 1.59. The molecule has 3 heteroatoms. The molecule has 1 N–H and O–H groups in total. The van der Waals surface area contributed by atoms with Gasteiger partial charge in [-0.1, -0.05) is 38.1 Å². The van der Waals surface area contributed by atoms with Crippen molar-refractivity contribution < 1.29 is 14.7 Å². The SMILES string of the molecule is CC(C)c1c(O)ccc2c1C(=O)c1ccccc1C2=O. The molecule has 0 aliphatic heterocycles. The average Bonchev–Trinajstić information content (AvgIpc) is 2.44. The Morgan fingerprint density at radius 2 is 1.45 bits per heavy atom. The van der Waals surface area contributed by atoms with Crippen LogP contribution in [0.2, 0.25) is 0 Å². The zero-order valence-corrected chi connectivity index (χ0v) is 11.3. The largest absolute Gasteiger partial charge is 0.508 e. The molecule has 0 atom stereocenters. The fourth-order valence-corrected chi connectivity index (χ4v) is 2.79. The number of fused-ring (bicyclic) bond motifs is 2. The van der Waals surface area contributed by atoms with Crippen molar-refractivity contribution in [3.05, 3.63) is 64.2 Å². The van der Waals surface area contributed by atoms with Crippen molar-refractivity contribution in [2.75, 3.05) is 0 Å². The summed E-state index contributed by atoms with van der Waals surface area (Å²) in [5.41, 5.74) is 2.14. The summed E-state index contributed by atoms with van der Waals surface area (Å²) in [7, 11) is 0. The molecule has 0 fully saturated rings. The first-order chi connectivity index (χ1) is 9.52. The second kappa shape index (κ2) is 4.30. The van der Waals surface area contributed by atoms with Crippen LogP contribution in [0.3, 0.4) is 0 Å². The summed E-state index contributed by atoms with van der Waals surface area (Å²) in [6.45, 7) is 3.79. The molecule has 0 saturated carbocycles. The van der Waals surface area contributed by atoms with E-state index in [0.717, 1.165) is 0 Å². The van der Waals surface area contributed by atoms with Crippen LogP contribution in [0.5, 0.6) is 5.75 Å². The quantitative estimate of drug-likeness (QED) is 0.735. The first kappa shape index (κ1) is 12.6. The standard InChI is InChI=1S/C17H14O3/c1-9(2)14-13(18)8-7-12-15(14)17(20)11-6-4-3-5-10(11)16(12)19/h3-9,18H,1-2H3. The number of phenols is 1. The molecule has 0 aromatic heterocycles. The van der Waals surface area contributed by atoms with Crippen LogP contribution in [0.1, 0.15) is 57.2 Å². The van der Waals surface area contributed by atoms with Crippen LogP contribution in [0.4, 0.5) is 0 Å². The van der Waals surface area contributed by atoms with Crippen molar-refractivity contribution in [3.8, 4) is 5.75 Å². The first-order valence-corrected chi connectivity index (χ1v) is 6.56. The van der Waals surface area contributed by atoms with Crippen LogP contribution >= 0.6 is 0 Å². The number of carbonyl (C=O) groups is 2. The molecule has 2 aromatic carbocycles. The summed E-state index contributed by atoms with van der Waals surface area (Å²) in [6, 6.07) is 9.85. The van der Waals surface area contributed by atoms with Crippen LogP contribution in [-0.2, 0) is 0 Å². The Kier molecular flexibility index (Phi) is 2.71. The van der Waals surface area contributed by atoms with E-state index in [0.29, 0.717) is 27.8 Å². The number of carbonyl (C=O) groups excluding carboxylic acids is 2. The Morgan fingerprint density at radius 1 is 0.850 bits per heavy atom. The van der Waals surface area contributed by atoms with Gasteiger partial charge in [0.1, 0.15) is 5.75 Å². The highest BCUT2D eigenvalue weighted by atomic mass is 16.3. The molecule has 0 spiro atoms. The minimum Gasteiger partial charge on any atom is -0.508 e. The maximum Gasteiger partial charge on any atom is 0.194 e. The highest BCUT2D eigenvalue weighted by Crippen LogP contribution is 2.37. The van der Waals surface area contributed by atoms with Gasteiger partial charge in [0.15, 0.2) is 11.6 Å². The maximum absolute atomic E-state index is 12.7. The molecule has 0 bridgehead atoms. The number of hydrogen-bond donors (Lipinski definition) is 1. The van der Waals surface area contributed by atoms with Crippen molar-refractivity contribution >= 4 is 11.6 Å². The van der Waals surface area contributed by atoms with Gasteiger partial charge in [-0.15, -0.1) is 0 Å². The Labute approximate surface area is 116 Å². The fourth-order valence-electron chi connectivity index (χ4n) is 2.79. The smallest absolute Gasteiger partial charge is 0.194 e. The lowest BCUT2D eigenvalue weighted by molar-refractivity contribution is 0.0977. The predicted molar refractivity (Wildman–Crippen MR) is 75.5 cm³/mol.